The molecule has 0 aliphatic carbocycles. The molecule has 0 unspecified atom stereocenters. The number of hydrogen-bond donors (Lipinski definition) is 2. The van der Waals surface area contributed by atoms with E-state index in [1.807, 2.05) is 24.3 Å². The SMILES string of the molecule is Cc1nc2cc(NC(=O)Cc3[nH]nc4ccccc34)ccc2o1. The smallest absolute Gasteiger partial charge is 0.230 e. The molecule has 2 aromatic heterocycles. The van der Waals surface area contributed by atoms with Gasteiger partial charge in [-0.2, -0.15) is 5.10 Å². The Kier molecular flexibility index (Phi) is 3.08. The lowest BCUT2D eigenvalue weighted by Crippen LogP contribution is -2.14. The summed E-state index contributed by atoms with van der Waals surface area (Å²) in [5.41, 5.74) is 3.79. The zero-order chi connectivity index (χ0) is 15.8. The molecule has 0 aliphatic heterocycles. The molecule has 6 heteroatoms. The molecule has 0 bridgehead atoms. The number of H-pyrrole nitrogens is 1. The molecule has 6 nitrogen and oxygen atoms in total. The second-order valence-electron chi connectivity index (χ2n) is 5.36. The molecule has 0 saturated heterocycles. The fourth-order valence-electron chi connectivity index (χ4n) is 2.64. The first-order valence-electron chi connectivity index (χ1n) is 7.28. The van der Waals surface area contributed by atoms with Crippen LogP contribution in [-0.2, 0) is 11.2 Å². The van der Waals surface area contributed by atoms with Crippen LogP contribution in [-0.4, -0.2) is 21.1 Å². The van der Waals surface area contributed by atoms with Crippen LogP contribution in [0.5, 0.6) is 0 Å². The van der Waals surface area contributed by atoms with Gasteiger partial charge in [0.05, 0.1) is 17.6 Å². The van der Waals surface area contributed by atoms with E-state index in [9.17, 15) is 4.79 Å². The first-order chi connectivity index (χ1) is 11.2. The summed E-state index contributed by atoms with van der Waals surface area (Å²) in [7, 11) is 0. The number of fused-ring (bicyclic) bond motifs is 2. The Balaban J connectivity index is 1.54. The first kappa shape index (κ1) is 13.5. The van der Waals surface area contributed by atoms with Gasteiger partial charge in [-0.15, -0.1) is 0 Å². The topological polar surface area (TPSA) is 83.8 Å². The average Bonchev–Trinajstić information content (AvgIpc) is 3.10. The highest BCUT2D eigenvalue weighted by molar-refractivity contribution is 5.96. The van der Waals surface area contributed by atoms with E-state index in [2.05, 4.69) is 20.5 Å². The summed E-state index contributed by atoms with van der Waals surface area (Å²) in [5, 5.41) is 11.0. The van der Waals surface area contributed by atoms with Crippen molar-refractivity contribution in [2.75, 3.05) is 5.32 Å². The molecule has 1 amide bonds. The predicted molar refractivity (Wildman–Crippen MR) is 87.2 cm³/mol. The van der Waals surface area contributed by atoms with E-state index in [1.165, 1.54) is 0 Å². The van der Waals surface area contributed by atoms with Crippen molar-refractivity contribution in [3.8, 4) is 0 Å². The maximum atomic E-state index is 12.3. The van der Waals surface area contributed by atoms with Crippen LogP contribution in [0.2, 0.25) is 0 Å². The molecular weight excluding hydrogens is 292 g/mol. The number of hydrogen-bond acceptors (Lipinski definition) is 4. The molecule has 0 saturated carbocycles. The van der Waals surface area contributed by atoms with Crippen LogP contribution in [0.3, 0.4) is 0 Å². The summed E-state index contributed by atoms with van der Waals surface area (Å²) >= 11 is 0. The molecule has 4 aromatic rings. The summed E-state index contributed by atoms with van der Waals surface area (Å²) in [4.78, 5) is 16.5. The van der Waals surface area contributed by atoms with Crippen molar-refractivity contribution in [3.05, 3.63) is 54.0 Å². The molecule has 0 fully saturated rings. The molecule has 2 heterocycles. The number of benzene rings is 2. The number of anilines is 1. The zero-order valence-electron chi connectivity index (χ0n) is 12.5. The highest BCUT2D eigenvalue weighted by Gasteiger charge is 2.11. The Labute approximate surface area is 131 Å². The number of oxazole rings is 1. The van der Waals surface area contributed by atoms with Gasteiger partial charge in [-0.1, -0.05) is 18.2 Å². The van der Waals surface area contributed by atoms with E-state index in [0.717, 1.165) is 22.1 Å². The quantitative estimate of drug-likeness (QED) is 0.609. The summed E-state index contributed by atoms with van der Waals surface area (Å²) in [6.07, 6.45) is 0.233. The van der Waals surface area contributed by atoms with E-state index < -0.39 is 0 Å². The molecule has 114 valence electrons. The van der Waals surface area contributed by atoms with Crippen LogP contribution < -0.4 is 5.32 Å². The van der Waals surface area contributed by atoms with E-state index in [-0.39, 0.29) is 12.3 Å². The minimum Gasteiger partial charge on any atom is -0.441 e. The maximum absolute atomic E-state index is 12.3. The fraction of sp³-hybridized carbons (Fsp3) is 0.118. The number of rotatable bonds is 3. The summed E-state index contributed by atoms with van der Waals surface area (Å²) in [6, 6.07) is 13.1. The second-order valence-corrected chi connectivity index (χ2v) is 5.36. The number of carbonyl (C=O) groups excluding carboxylic acids is 1. The Morgan fingerprint density at radius 1 is 1.22 bits per heavy atom. The van der Waals surface area contributed by atoms with Crippen LogP contribution >= 0.6 is 0 Å². The number of carbonyl (C=O) groups is 1. The van der Waals surface area contributed by atoms with E-state index in [0.29, 0.717) is 17.2 Å². The Hall–Kier alpha value is -3.15. The van der Waals surface area contributed by atoms with Crippen molar-refractivity contribution in [1.82, 2.24) is 15.2 Å². The van der Waals surface area contributed by atoms with Gasteiger partial charge in [0.2, 0.25) is 5.91 Å². The van der Waals surface area contributed by atoms with Gasteiger partial charge in [0, 0.05) is 18.0 Å². The third kappa shape index (κ3) is 2.55. The van der Waals surface area contributed by atoms with E-state index in [1.54, 1.807) is 25.1 Å². The van der Waals surface area contributed by atoms with Gasteiger partial charge in [0.15, 0.2) is 11.5 Å². The van der Waals surface area contributed by atoms with Gasteiger partial charge in [-0.25, -0.2) is 4.98 Å². The summed E-state index contributed by atoms with van der Waals surface area (Å²) in [6.45, 7) is 1.79. The van der Waals surface area contributed by atoms with E-state index in [4.69, 9.17) is 4.42 Å². The van der Waals surface area contributed by atoms with Gasteiger partial charge >= 0.3 is 0 Å². The Bertz CT molecular complexity index is 1020. The summed E-state index contributed by atoms with van der Waals surface area (Å²) < 4.78 is 5.42. The third-order valence-corrected chi connectivity index (χ3v) is 3.66. The number of aryl methyl sites for hydroxylation is 1. The zero-order valence-corrected chi connectivity index (χ0v) is 12.5. The Morgan fingerprint density at radius 2 is 2.09 bits per heavy atom. The first-order valence-corrected chi connectivity index (χ1v) is 7.28. The minimum atomic E-state index is -0.112. The normalized spacial score (nSPS) is 11.2. The van der Waals surface area contributed by atoms with Gasteiger partial charge in [0.1, 0.15) is 5.52 Å². The van der Waals surface area contributed by atoms with Crippen LogP contribution in [0.15, 0.2) is 46.9 Å². The Morgan fingerprint density at radius 3 is 3.00 bits per heavy atom. The monoisotopic (exact) mass is 306 g/mol. The van der Waals surface area contributed by atoms with Gasteiger partial charge in [-0.3, -0.25) is 9.89 Å². The second kappa shape index (κ2) is 5.24. The minimum absolute atomic E-state index is 0.112. The standard InChI is InChI=1S/C17H14N4O2/c1-10-18-15-8-11(6-7-16(15)23-10)19-17(22)9-14-12-4-2-3-5-13(12)20-21-14/h2-8H,9H2,1H3,(H,19,22)(H,20,21). The lowest BCUT2D eigenvalue weighted by atomic mass is 10.1. The molecule has 0 aliphatic rings. The third-order valence-electron chi connectivity index (χ3n) is 3.66. The van der Waals surface area contributed by atoms with Gasteiger partial charge in [0.25, 0.3) is 0 Å². The molecule has 2 aromatic carbocycles. The van der Waals surface area contributed by atoms with Crippen molar-refractivity contribution in [1.29, 1.82) is 0 Å². The molecule has 0 atom stereocenters. The largest absolute Gasteiger partial charge is 0.441 e. The molecule has 4 rings (SSSR count). The number of aromatic amines is 1. The lowest BCUT2D eigenvalue weighted by molar-refractivity contribution is -0.115. The van der Waals surface area contributed by atoms with Crippen molar-refractivity contribution in [3.63, 3.8) is 0 Å². The molecule has 0 spiro atoms. The molecular formula is C17H14N4O2. The van der Waals surface area contributed by atoms with Crippen molar-refractivity contribution in [2.45, 2.75) is 13.3 Å². The van der Waals surface area contributed by atoms with Crippen LogP contribution in [0.1, 0.15) is 11.6 Å². The summed E-state index contributed by atoms with van der Waals surface area (Å²) in [5.74, 6) is 0.492. The van der Waals surface area contributed by atoms with Crippen molar-refractivity contribution >= 4 is 33.6 Å². The number of para-hydroxylation sites is 1. The maximum Gasteiger partial charge on any atom is 0.230 e. The molecule has 23 heavy (non-hydrogen) atoms. The number of aromatic nitrogens is 3. The molecule has 2 N–H and O–H groups in total. The lowest BCUT2D eigenvalue weighted by Gasteiger charge is -2.04. The molecule has 0 radical (unpaired) electrons. The van der Waals surface area contributed by atoms with Crippen molar-refractivity contribution < 1.29 is 9.21 Å². The van der Waals surface area contributed by atoms with E-state index >= 15 is 0 Å². The average molecular weight is 306 g/mol. The van der Waals surface area contributed by atoms with Crippen molar-refractivity contribution in [2.24, 2.45) is 0 Å². The van der Waals surface area contributed by atoms with Crippen LogP contribution in [0.25, 0.3) is 22.0 Å². The fourth-order valence-corrected chi connectivity index (χ4v) is 2.64. The number of amides is 1. The predicted octanol–water partition coefficient (Wildman–Crippen LogP) is 3.19. The van der Waals surface area contributed by atoms with Gasteiger partial charge in [-0.05, 0) is 24.3 Å². The van der Waals surface area contributed by atoms with Gasteiger partial charge < -0.3 is 9.73 Å². The highest BCUT2D eigenvalue weighted by atomic mass is 16.3. The number of nitrogens with zero attached hydrogens (tertiary/aromatic N) is 2. The highest BCUT2D eigenvalue weighted by Crippen LogP contribution is 2.20. The number of nitrogens with one attached hydrogen (secondary N) is 2. The van der Waals surface area contributed by atoms with Crippen LogP contribution in [0.4, 0.5) is 5.69 Å². The van der Waals surface area contributed by atoms with Crippen LogP contribution in [0, 0.1) is 6.92 Å².